The Morgan fingerprint density at radius 2 is 2.26 bits per heavy atom. The summed E-state index contributed by atoms with van der Waals surface area (Å²) in [6, 6.07) is 5.67. The third kappa shape index (κ3) is 3.01. The van der Waals surface area contributed by atoms with Gasteiger partial charge in [0.05, 0.1) is 23.0 Å². The lowest BCUT2D eigenvalue weighted by molar-refractivity contribution is -0.301. The molecule has 0 aliphatic heterocycles. The second-order valence-corrected chi connectivity index (χ2v) is 7.01. The van der Waals surface area contributed by atoms with Crippen LogP contribution < -0.4 is 9.84 Å². The number of hydrogen-bond acceptors (Lipinski definition) is 7. The van der Waals surface area contributed by atoms with E-state index in [9.17, 15) is 9.90 Å². The van der Waals surface area contributed by atoms with Crippen molar-refractivity contribution < 1.29 is 14.6 Å². The fraction of sp³-hybridized carbons (Fsp3) is 0.214. The number of ether oxygens (including phenoxy) is 1. The molecule has 0 saturated heterocycles. The normalized spacial score (nSPS) is 11.1. The van der Waals surface area contributed by atoms with E-state index in [1.165, 1.54) is 11.3 Å². The molecule has 3 rings (SSSR count). The molecule has 2 aromatic heterocycles. The highest BCUT2D eigenvalue weighted by atomic mass is 35.5. The number of halogens is 1. The van der Waals surface area contributed by atoms with Crippen LogP contribution >= 0.6 is 34.7 Å². The van der Waals surface area contributed by atoms with E-state index in [0.29, 0.717) is 16.0 Å². The Kier molecular flexibility index (Phi) is 4.47. The monoisotopic (exact) mass is 368 g/mol. The van der Waals surface area contributed by atoms with E-state index >= 15 is 0 Å². The van der Waals surface area contributed by atoms with Crippen molar-refractivity contribution in [1.29, 1.82) is 0 Å². The molecular weight excluding hydrogens is 358 g/mol. The maximum atomic E-state index is 10.6. The van der Waals surface area contributed by atoms with Gasteiger partial charge in [0.15, 0.2) is 11.0 Å². The molecule has 3 aromatic rings. The van der Waals surface area contributed by atoms with Crippen molar-refractivity contribution in [3.05, 3.63) is 23.2 Å². The van der Waals surface area contributed by atoms with Gasteiger partial charge in [-0.3, -0.25) is 0 Å². The SMILES string of the molecule is COc1ccc2c(Cl)c(-c3nnc(SCC(=O)[O-])n3C)sc2c1. The lowest BCUT2D eigenvalue weighted by atomic mass is 10.2. The van der Waals surface area contributed by atoms with Gasteiger partial charge in [-0.15, -0.1) is 21.5 Å². The molecule has 2 heterocycles. The maximum Gasteiger partial charge on any atom is 0.191 e. The Morgan fingerprint density at radius 1 is 1.48 bits per heavy atom. The van der Waals surface area contributed by atoms with E-state index in [1.807, 2.05) is 18.2 Å². The molecule has 0 unspecified atom stereocenters. The number of hydrogen-bond donors (Lipinski definition) is 0. The summed E-state index contributed by atoms with van der Waals surface area (Å²) >= 11 is 9.02. The molecule has 0 atom stereocenters. The van der Waals surface area contributed by atoms with Gasteiger partial charge in [-0.2, -0.15) is 0 Å². The van der Waals surface area contributed by atoms with Crippen molar-refractivity contribution in [2.24, 2.45) is 7.05 Å². The highest BCUT2D eigenvalue weighted by Crippen LogP contribution is 2.42. The highest BCUT2D eigenvalue weighted by Gasteiger charge is 2.19. The van der Waals surface area contributed by atoms with Crippen molar-refractivity contribution in [2.75, 3.05) is 12.9 Å². The van der Waals surface area contributed by atoms with Crippen molar-refractivity contribution in [1.82, 2.24) is 14.8 Å². The lowest BCUT2D eigenvalue weighted by Crippen LogP contribution is -2.24. The van der Waals surface area contributed by atoms with Crippen LogP contribution in [0.1, 0.15) is 0 Å². The first kappa shape index (κ1) is 16.1. The predicted octanol–water partition coefficient (Wildman–Crippen LogP) is 2.20. The highest BCUT2D eigenvalue weighted by molar-refractivity contribution is 7.99. The minimum absolute atomic E-state index is 0.177. The summed E-state index contributed by atoms with van der Waals surface area (Å²) < 4.78 is 7.93. The van der Waals surface area contributed by atoms with Gasteiger partial charge in [-0.25, -0.2) is 0 Å². The Hall–Kier alpha value is -1.77. The average Bonchev–Trinajstić information content (AvgIpc) is 3.05. The average molecular weight is 369 g/mol. The number of aliphatic carboxylic acids is 1. The Morgan fingerprint density at radius 3 is 2.96 bits per heavy atom. The van der Waals surface area contributed by atoms with Crippen LogP contribution in [0.3, 0.4) is 0 Å². The number of carboxylic acids is 1. The topological polar surface area (TPSA) is 80.1 Å². The van der Waals surface area contributed by atoms with Crippen LogP contribution in [0.2, 0.25) is 5.02 Å². The zero-order valence-electron chi connectivity index (χ0n) is 12.2. The molecule has 0 aliphatic rings. The number of carboxylic acid groups (broad SMARTS) is 1. The summed E-state index contributed by atoms with van der Waals surface area (Å²) in [7, 11) is 3.38. The van der Waals surface area contributed by atoms with E-state index in [1.54, 1.807) is 18.7 Å². The van der Waals surface area contributed by atoms with Crippen molar-refractivity contribution in [3.8, 4) is 16.5 Å². The molecule has 0 spiro atoms. The molecule has 0 amide bonds. The molecule has 0 saturated carbocycles. The van der Waals surface area contributed by atoms with E-state index in [0.717, 1.165) is 32.5 Å². The van der Waals surface area contributed by atoms with Crippen LogP contribution in [0.15, 0.2) is 23.4 Å². The first-order valence-electron chi connectivity index (χ1n) is 6.49. The quantitative estimate of drug-likeness (QED) is 0.642. The Balaban J connectivity index is 2.03. The summed E-state index contributed by atoms with van der Waals surface area (Å²) in [6.07, 6.45) is 0. The van der Waals surface area contributed by atoms with Crippen LogP contribution in [-0.4, -0.2) is 33.6 Å². The zero-order chi connectivity index (χ0) is 16.6. The number of fused-ring (bicyclic) bond motifs is 1. The van der Waals surface area contributed by atoms with Crippen molar-refractivity contribution in [3.63, 3.8) is 0 Å². The first-order chi connectivity index (χ1) is 11.0. The Bertz CT molecular complexity index is 891. The van der Waals surface area contributed by atoms with Crippen LogP contribution in [0.4, 0.5) is 0 Å². The smallest absolute Gasteiger partial charge is 0.191 e. The third-order valence-corrected chi connectivity index (χ3v) is 5.84. The van der Waals surface area contributed by atoms with E-state index in [4.69, 9.17) is 16.3 Å². The van der Waals surface area contributed by atoms with Crippen LogP contribution in [-0.2, 0) is 11.8 Å². The predicted molar refractivity (Wildman–Crippen MR) is 89.1 cm³/mol. The molecule has 120 valence electrons. The summed E-state index contributed by atoms with van der Waals surface area (Å²) in [5.74, 6) is 0.0243. The van der Waals surface area contributed by atoms with Crippen molar-refractivity contribution >= 4 is 50.8 Å². The van der Waals surface area contributed by atoms with Crippen molar-refractivity contribution in [2.45, 2.75) is 5.16 Å². The first-order valence-corrected chi connectivity index (χ1v) is 8.67. The number of nitrogens with zero attached hydrogens (tertiary/aromatic N) is 3. The Labute approximate surface area is 145 Å². The molecule has 0 bridgehead atoms. The number of carbonyl (C=O) groups excluding carboxylic acids is 1. The largest absolute Gasteiger partial charge is 0.549 e. The third-order valence-electron chi connectivity index (χ3n) is 3.19. The fourth-order valence-electron chi connectivity index (χ4n) is 2.08. The second-order valence-electron chi connectivity index (χ2n) is 4.63. The van der Waals surface area contributed by atoms with E-state index in [-0.39, 0.29) is 5.75 Å². The molecule has 9 heteroatoms. The number of benzene rings is 1. The summed E-state index contributed by atoms with van der Waals surface area (Å²) in [4.78, 5) is 11.4. The summed E-state index contributed by atoms with van der Waals surface area (Å²) in [5, 5.41) is 20.7. The van der Waals surface area contributed by atoms with Crippen LogP contribution in [0.5, 0.6) is 5.75 Å². The fourth-order valence-corrected chi connectivity index (χ4v) is 4.27. The number of methoxy groups -OCH3 is 1. The number of aromatic nitrogens is 3. The van der Waals surface area contributed by atoms with Gasteiger partial charge in [0.25, 0.3) is 0 Å². The number of thioether (sulfide) groups is 1. The van der Waals surface area contributed by atoms with Gasteiger partial charge in [-0.1, -0.05) is 23.4 Å². The molecular formula is C14H11ClN3O3S2-. The molecule has 0 aliphatic carbocycles. The van der Waals surface area contributed by atoms with E-state index < -0.39 is 5.97 Å². The van der Waals surface area contributed by atoms with Gasteiger partial charge in [0.1, 0.15) is 5.75 Å². The number of thiophene rings is 1. The van der Waals surface area contributed by atoms with Gasteiger partial charge in [0, 0.05) is 22.9 Å². The van der Waals surface area contributed by atoms with Crippen LogP contribution in [0.25, 0.3) is 20.8 Å². The molecule has 23 heavy (non-hydrogen) atoms. The molecule has 1 aromatic carbocycles. The zero-order valence-corrected chi connectivity index (χ0v) is 14.6. The minimum Gasteiger partial charge on any atom is -0.549 e. The van der Waals surface area contributed by atoms with Gasteiger partial charge < -0.3 is 19.2 Å². The van der Waals surface area contributed by atoms with Gasteiger partial charge in [-0.05, 0) is 18.2 Å². The molecule has 0 fully saturated rings. The number of rotatable bonds is 5. The minimum atomic E-state index is -1.15. The molecule has 6 nitrogen and oxygen atoms in total. The molecule has 0 N–H and O–H groups in total. The molecule has 0 radical (unpaired) electrons. The summed E-state index contributed by atoms with van der Waals surface area (Å²) in [5.41, 5.74) is 0. The second kappa shape index (κ2) is 6.38. The number of carbonyl (C=O) groups is 1. The maximum absolute atomic E-state index is 10.6. The standard InChI is InChI=1S/C14H12ClN3O3S2/c1-18-13(16-17-14(18)22-6-10(19)20)12-11(15)8-4-3-7(21-2)5-9(8)23-12/h3-5H,6H2,1-2H3,(H,19,20)/p-1. The van der Waals surface area contributed by atoms with Gasteiger partial charge >= 0.3 is 0 Å². The summed E-state index contributed by atoms with van der Waals surface area (Å²) in [6.45, 7) is 0. The lowest BCUT2D eigenvalue weighted by Gasteiger charge is -2.03. The van der Waals surface area contributed by atoms with Crippen LogP contribution in [0, 0.1) is 0 Å². The van der Waals surface area contributed by atoms with Gasteiger partial charge in [0.2, 0.25) is 0 Å². The van der Waals surface area contributed by atoms with E-state index in [2.05, 4.69) is 10.2 Å².